The topological polar surface area (TPSA) is 52.0 Å². The van der Waals surface area contributed by atoms with Crippen molar-refractivity contribution in [3.8, 4) is 0 Å². The van der Waals surface area contributed by atoms with E-state index in [1.54, 1.807) is 12.1 Å². The third-order valence-electron chi connectivity index (χ3n) is 2.32. The molecule has 0 unspecified atom stereocenters. The molecule has 0 bridgehead atoms. The molecule has 2 N–H and O–H groups in total. The van der Waals surface area contributed by atoms with Gasteiger partial charge in [-0.05, 0) is 18.1 Å². The first kappa shape index (κ1) is 10.5. The fourth-order valence-electron chi connectivity index (χ4n) is 1.69. The highest BCUT2D eigenvalue weighted by Crippen LogP contribution is 2.24. The second-order valence-electron chi connectivity index (χ2n) is 3.62. The fraction of sp³-hybridized carbons (Fsp3) is 0.154. The standard InChI is InChI=1S/C13H14N2O/c1-3-5-9-7-10(14)8-11-13(9)15-12(16-11)6-4-2/h3-4,7-8H,1-2,5-6,14H2. The summed E-state index contributed by atoms with van der Waals surface area (Å²) in [5.41, 5.74) is 9.12. The van der Waals surface area contributed by atoms with Crippen LogP contribution in [0.4, 0.5) is 5.69 Å². The van der Waals surface area contributed by atoms with Crippen LogP contribution in [0.25, 0.3) is 11.1 Å². The Morgan fingerprint density at radius 2 is 2.00 bits per heavy atom. The lowest BCUT2D eigenvalue weighted by atomic mass is 10.1. The summed E-state index contributed by atoms with van der Waals surface area (Å²) in [5.74, 6) is 0.668. The summed E-state index contributed by atoms with van der Waals surface area (Å²) in [4.78, 5) is 4.42. The quantitative estimate of drug-likeness (QED) is 0.629. The molecule has 0 aliphatic heterocycles. The van der Waals surface area contributed by atoms with Crippen LogP contribution >= 0.6 is 0 Å². The van der Waals surface area contributed by atoms with Gasteiger partial charge in [0.25, 0.3) is 0 Å². The van der Waals surface area contributed by atoms with Crippen molar-refractivity contribution in [2.45, 2.75) is 12.8 Å². The molecular weight excluding hydrogens is 200 g/mol. The average molecular weight is 214 g/mol. The lowest BCUT2D eigenvalue weighted by molar-refractivity contribution is 0.547. The second-order valence-corrected chi connectivity index (χ2v) is 3.62. The van der Waals surface area contributed by atoms with Crippen LogP contribution in [-0.2, 0) is 12.8 Å². The van der Waals surface area contributed by atoms with E-state index in [0.717, 1.165) is 23.1 Å². The molecule has 0 saturated heterocycles. The van der Waals surface area contributed by atoms with Crippen LogP contribution < -0.4 is 5.73 Å². The molecule has 0 radical (unpaired) electrons. The van der Waals surface area contributed by atoms with Crippen molar-refractivity contribution < 1.29 is 4.42 Å². The first-order valence-electron chi connectivity index (χ1n) is 5.14. The number of hydrogen-bond acceptors (Lipinski definition) is 3. The number of hydrogen-bond donors (Lipinski definition) is 1. The number of nitrogen functional groups attached to an aromatic ring is 1. The Bertz CT molecular complexity index is 540. The van der Waals surface area contributed by atoms with E-state index < -0.39 is 0 Å². The SMILES string of the molecule is C=CCc1nc2c(CC=C)cc(N)cc2o1. The molecule has 82 valence electrons. The van der Waals surface area contributed by atoms with E-state index in [4.69, 9.17) is 10.2 Å². The van der Waals surface area contributed by atoms with Crippen LogP contribution in [0.1, 0.15) is 11.5 Å². The number of nitrogens with two attached hydrogens (primary N) is 1. The minimum Gasteiger partial charge on any atom is -0.440 e. The van der Waals surface area contributed by atoms with Crippen molar-refractivity contribution in [3.05, 3.63) is 48.9 Å². The molecule has 0 saturated carbocycles. The number of benzene rings is 1. The van der Waals surface area contributed by atoms with Gasteiger partial charge in [0, 0.05) is 18.2 Å². The summed E-state index contributed by atoms with van der Waals surface area (Å²) in [5, 5.41) is 0. The van der Waals surface area contributed by atoms with Crippen LogP contribution in [0.3, 0.4) is 0 Å². The van der Waals surface area contributed by atoms with Crippen molar-refractivity contribution in [2.24, 2.45) is 0 Å². The van der Waals surface area contributed by atoms with Crippen LogP contribution in [0.15, 0.2) is 41.9 Å². The smallest absolute Gasteiger partial charge is 0.199 e. The van der Waals surface area contributed by atoms with Gasteiger partial charge < -0.3 is 10.2 Å². The molecule has 0 spiro atoms. The van der Waals surface area contributed by atoms with Gasteiger partial charge in [0.05, 0.1) is 0 Å². The maximum atomic E-state index is 5.80. The molecule has 1 heterocycles. The van der Waals surface area contributed by atoms with Crippen LogP contribution in [-0.4, -0.2) is 4.98 Å². The Morgan fingerprint density at radius 1 is 1.25 bits per heavy atom. The largest absolute Gasteiger partial charge is 0.440 e. The molecule has 2 rings (SSSR count). The molecular formula is C13H14N2O. The Kier molecular flexibility index (Phi) is 2.77. The van der Waals surface area contributed by atoms with Crippen molar-refractivity contribution in [1.29, 1.82) is 0 Å². The van der Waals surface area contributed by atoms with E-state index in [2.05, 4.69) is 18.1 Å². The van der Waals surface area contributed by atoms with E-state index in [-0.39, 0.29) is 0 Å². The van der Waals surface area contributed by atoms with Crippen molar-refractivity contribution in [3.63, 3.8) is 0 Å². The lowest BCUT2D eigenvalue weighted by Gasteiger charge is -1.99. The predicted molar refractivity (Wildman–Crippen MR) is 66.2 cm³/mol. The number of anilines is 1. The van der Waals surface area contributed by atoms with Gasteiger partial charge in [-0.15, -0.1) is 13.2 Å². The monoisotopic (exact) mass is 214 g/mol. The van der Waals surface area contributed by atoms with Crippen LogP contribution in [0.2, 0.25) is 0 Å². The Morgan fingerprint density at radius 3 is 2.69 bits per heavy atom. The molecule has 0 fully saturated rings. The molecule has 0 aliphatic carbocycles. The Balaban J connectivity index is 2.59. The van der Waals surface area contributed by atoms with Crippen molar-refractivity contribution >= 4 is 16.8 Å². The van der Waals surface area contributed by atoms with E-state index in [9.17, 15) is 0 Å². The Labute approximate surface area is 94.3 Å². The van der Waals surface area contributed by atoms with Gasteiger partial charge in [0.1, 0.15) is 5.52 Å². The van der Waals surface area contributed by atoms with Gasteiger partial charge in [-0.2, -0.15) is 0 Å². The number of aromatic nitrogens is 1. The fourth-order valence-corrected chi connectivity index (χ4v) is 1.69. The van der Waals surface area contributed by atoms with E-state index in [1.807, 2.05) is 12.1 Å². The summed E-state index contributed by atoms with van der Waals surface area (Å²) in [6.45, 7) is 7.38. The molecule has 16 heavy (non-hydrogen) atoms. The zero-order chi connectivity index (χ0) is 11.5. The van der Waals surface area contributed by atoms with Gasteiger partial charge in [0.2, 0.25) is 0 Å². The zero-order valence-electron chi connectivity index (χ0n) is 9.07. The predicted octanol–water partition coefficient (Wildman–Crippen LogP) is 2.87. The van der Waals surface area contributed by atoms with Crippen molar-refractivity contribution in [1.82, 2.24) is 4.98 Å². The highest BCUT2D eigenvalue weighted by molar-refractivity contribution is 5.80. The molecule has 0 aliphatic rings. The second kappa shape index (κ2) is 4.23. The number of fused-ring (bicyclic) bond motifs is 1. The average Bonchev–Trinajstić information content (AvgIpc) is 2.61. The van der Waals surface area contributed by atoms with Gasteiger partial charge in [-0.3, -0.25) is 0 Å². The number of nitrogens with zero attached hydrogens (tertiary/aromatic N) is 1. The summed E-state index contributed by atoms with van der Waals surface area (Å²) in [6, 6.07) is 3.70. The lowest BCUT2D eigenvalue weighted by Crippen LogP contribution is -1.89. The summed E-state index contributed by atoms with van der Waals surface area (Å²) < 4.78 is 5.58. The molecule has 3 nitrogen and oxygen atoms in total. The van der Waals surface area contributed by atoms with Gasteiger partial charge in [-0.25, -0.2) is 4.98 Å². The molecule has 2 aromatic rings. The third kappa shape index (κ3) is 1.84. The zero-order valence-corrected chi connectivity index (χ0v) is 9.07. The van der Waals surface area contributed by atoms with Gasteiger partial charge >= 0.3 is 0 Å². The first-order chi connectivity index (χ1) is 7.74. The van der Waals surface area contributed by atoms with E-state index in [0.29, 0.717) is 18.0 Å². The number of rotatable bonds is 4. The van der Waals surface area contributed by atoms with Crippen molar-refractivity contribution in [2.75, 3.05) is 5.73 Å². The minimum atomic E-state index is 0.627. The first-order valence-corrected chi connectivity index (χ1v) is 5.14. The number of allylic oxidation sites excluding steroid dienone is 2. The normalized spacial score (nSPS) is 10.5. The maximum Gasteiger partial charge on any atom is 0.199 e. The Hall–Kier alpha value is -2.03. The number of oxazole rings is 1. The van der Waals surface area contributed by atoms with Gasteiger partial charge in [-0.1, -0.05) is 12.2 Å². The minimum absolute atomic E-state index is 0.627. The summed E-state index contributed by atoms with van der Waals surface area (Å²) in [6.07, 6.45) is 4.96. The van der Waals surface area contributed by atoms with Crippen LogP contribution in [0, 0.1) is 0 Å². The van der Waals surface area contributed by atoms with Gasteiger partial charge in [0.15, 0.2) is 11.5 Å². The van der Waals surface area contributed by atoms with E-state index >= 15 is 0 Å². The van der Waals surface area contributed by atoms with Crippen LogP contribution in [0.5, 0.6) is 0 Å². The van der Waals surface area contributed by atoms with E-state index in [1.165, 1.54) is 0 Å². The molecule has 0 atom stereocenters. The molecule has 1 aromatic carbocycles. The maximum absolute atomic E-state index is 5.80. The highest BCUT2D eigenvalue weighted by Gasteiger charge is 2.09. The molecule has 3 heteroatoms. The highest BCUT2D eigenvalue weighted by atomic mass is 16.3. The third-order valence-corrected chi connectivity index (χ3v) is 2.32. The molecule has 0 amide bonds. The molecule has 1 aromatic heterocycles. The summed E-state index contributed by atoms with van der Waals surface area (Å²) in [7, 11) is 0. The summed E-state index contributed by atoms with van der Waals surface area (Å²) >= 11 is 0.